The van der Waals surface area contributed by atoms with Crippen molar-refractivity contribution in [2.24, 2.45) is 0 Å². The van der Waals surface area contributed by atoms with Gasteiger partial charge in [-0.25, -0.2) is 5.01 Å². The van der Waals surface area contributed by atoms with Crippen LogP contribution in [0.3, 0.4) is 0 Å². The van der Waals surface area contributed by atoms with E-state index in [9.17, 15) is 0 Å². The van der Waals surface area contributed by atoms with E-state index in [1.807, 2.05) is 6.92 Å². The molecule has 0 saturated heterocycles. The van der Waals surface area contributed by atoms with Gasteiger partial charge in [-0.05, 0) is 5.84 Å². The average Bonchev–Trinajstić information content (AvgIpc) is 1.38. The molecule has 30 valence electrons. The van der Waals surface area contributed by atoms with E-state index in [-0.39, 0.29) is 0 Å². The lowest BCUT2D eigenvalue weighted by Gasteiger charge is -1.95. The van der Waals surface area contributed by atoms with Gasteiger partial charge in [0.1, 0.15) is 0 Å². The van der Waals surface area contributed by atoms with E-state index in [1.165, 1.54) is 0 Å². The van der Waals surface area contributed by atoms with Crippen molar-refractivity contribution < 1.29 is 0 Å². The first-order chi connectivity index (χ1) is 2.27. The largest absolute Gasteiger partial charge is 0.212 e. The molecule has 0 atom stereocenters. The lowest BCUT2D eigenvalue weighted by molar-refractivity contribution is 0.349. The Morgan fingerprint density at radius 1 is 1.80 bits per heavy atom. The molecule has 2 heteroatoms. The van der Waals surface area contributed by atoms with Gasteiger partial charge in [0.2, 0.25) is 0 Å². The van der Waals surface area contributed by atoms with Crippen LogP contribution in [0.2, 0.25) is 0 Å². The minimum Gasteiger partial charge on any atom is -0.212 e. The molecule has 0 heterocycles. The molecule has 0 unspecified atom stereocenters. The molecular formula is C3H8N2. The highest BCUT2D eigenvalue weighted by molar-refractivity contribution is 4.20. The molecule has 0 aliphatic heterocycles. The van der Waals surface area contributed by atoms with Gasteiger partial charge in [-0.3, -0.25) is 0 Å². The first-order valence-electron chi connectivity index (χ1n) is 1.67. The predicted molar refractivity (Wildman–Crippen MR) is 20.4 cm³/mol. The maximum absolute atomic E-state index is 8.19. The van der Waals surface area contributed by atoms with Crippen molar-refractivity contribution in [3.05, 3.63) is 0 Å². The summed E-state index contributed by atoms with van der Waals surface area (Å²) in [7, 11) is 1.61. The maximum Gasteiger partial charge on any atom is 0.0131 e. The van der Waals surface area contributed by atoms with Crippen molar-refractivity contribution in [1.82, 2.24) is 10.9 Å². The van der Waals surface area contributed by atoms with E-state index in [2.05, 4.69) is 0 Å². The minimum absolute atomic E-state index is 0.694. The second-order valence-corrected chi connectivity index (χ2v) is 0.974. The fraction of sp³-hybridized carbons (Fsp3) is 1.00. The van der Waals surface area contributed by atoms with Gasteiger partial charge >= 0.3 is 0 Å². The van der Waals surface area contributed by atoms with Crippen LogP contribution in [0.4, 0.5) is 0 Å². The highest BCUT2D eigenvalue weighted by Crippen LogP contribution is 1.61. The van der Waals surface area contributed by atoms with Gasteiger partial charge in [-0.2, -0.15) is 0 Å². The van der Waals surface area contributed by atoms with E-state index in [0.717, 1.165) is 5.01 Å². The highest BCUT2D eigenvalue weighted by atomic mass is 15.4. The van der Waals surface area contributed by atoms with Gasteiger partial charge in [0.15, 0.2) is 0 Å². The molecule has 0 aromatic heterocycles. The van der Waals surface area contributed by atoms with Gasteiger partial charge in [0, 0.05) is 13.6 Å². The zero-order valence-corrected chi connectivity index (χ0v) is 3.60. The molecule has 0 spiro atoms. The van der Waals surface area contributed by atoms with Crippen LogP contribution in [0.25, 0.3) is 0 Å². The number of hydrogen-bond donors (Lipinski definition) is 0. The van der Waals surface area contributed by atoms with Crippen molar-refractivity contribution in [1.29, 1.82) is 0 Å². The highest BCUT2D eigenvalue weighted by Gasteiger charge is 1.76. The Morgan fingerprint density at radius 3 is 2.00 bits per heavy atom. The van der Waals surface area contributed by atoms with Gasteiger partial charge in [-0.1, -0.05) is 6.92 Å². The van der Waals surface area contributed by atoms with Crippen molar-refractivity contribution in [2.75, 3.05) is 13.6 Å². The van der Waals surface area contributed by atoms with Crippen LogP contribution in [-0.4, -0.2) is 18.6 Å². The monoisotopic (exact) mass is 72.1 g/mol. The molecule has 0 rings (SSSR count). The lowest BCUT2D eigenvalue weighted by Crippen LogP contribution is -2.12. The topological polar surface area (TPSA) is 25.5 Å². The minimum atomic E-state index is 0.694. The Labute approximate surface area is 32.5 Å². The van der Waals surface area contributed by atoms with Crippen molar-refractivity contribution >= 4 is 0 Å². The normalized spacial score (nSPS) is 9.60. The Hall–Kier alpha value is -0.0800. The summed E-state index contributed by atoms with van der Waals surface area (Å²) in [6.45, 7) is 2.57. The van der Waals surface area contributed by atoms with E-state index < -0.39 is 0 Å². The summed E-state index contributed by atoms with van der Waals surface area (Å²) < 4.78 is 0. The van der Waals surface area contributed by atoms with Crippen LogP contribution in [0.1, 0.15) is 6.92 Å². The molecule has 0 aromatic rings. The van der Waals surface area contributed by atoms with Crippen LogP contribution in [0.15, 0.2) is 0 Å². The Morgan fingerprint density at radius 2 is 2.00 bits per heavy atom. The maximum atomic E-state index is 8.19. The summed E-state index contributed by atoms with van der Waals surface area (Å²) in [5, 5.41) is 1.12. The molecule has 0 N–H and O–H groups in total. The van der Waals surface area contributed by atoms with E-state index in [1.54, 1.807) is 7.05 Å². The standard InChI is InChI=1S/C3H8N2/c1-3-5(2)4/h3H2,1-2H3. The van der Waals surface area contributed by atoms with E-state index in [0.29, 0.717) is 6.54 Å². The van der Waals surface area contributed by atoms with Crippen molar-refractivity contribution in [2.45, 2.75) is 6.92 Å². The molecule has 5 heavy (non-hydrogen) atoms. The summed E-state index contributed by atoms with van der Waals surface area (Å²) in [5.41, 5.74) is 0. The van der Waals surface area contributed by atoms with Crippen LogP contribution >= 0.6 is 0 Å². The third-order valence-electron chi connectivity index (χ3n) is 0.458. The fourth-order valence-electron chi connectivity index (χ4n) is 0. The first-order valence-corrected chi connectivity index (χ1v) is 1.67. The van der Waals surface area contributed by atoms with Crippen molar-refractivity contribution in [3.8, 4) is 0 Å². The summed E-state index contributed by atoms with van der Waals surface area (Å²) >= 11 is 0. The van der Waals surface area contributed by atoms with Crippen LogP contribution in [0.5, 0.6) is 0 Å². The number of nitrogens with zero attached hydrogens (tertiary/aromatic N) is 2. The molecule has 2 nitrogen and oxygen atoms in total. The third-order valence-corrected chi connectivity index (χ3v) is 0.458. The fourth-order valence-corrected chi connectivity index (χ4v) is 0. The second kappa shape index (κ2) is 2.18. The zero-order valence-electron chi connectivity index (χ0n) is 3.60. The van der Waals surface area contributed by atoms with E-state index in [4.69, 9.17) is 5.84 Å². The molecule has 0 bridgehead atoms. The Kier molecular flexibility index (Phi) is 2.14. The summed E-state index contributed by atoms with van der Waals surface area (Å²) in [4.78, 5) is 0. The quantitative estimate of drug-likeness (QED) is 0.398. The second-order valence-electron chi connectivity index (χ2n) is 0.974. The molecular weight excluding hydrogens is 64.0 g/mol. The molecule has 0 aliphatic rings. The summed E-state index contributed by atoms with van der Waals surface area (Å²) in [5.74, 6) is 8.19. The molecule has 0 amide bonds. The average molecular weight is 72.1 g/mol. The predicted octanol–water partition coefficient (Wildman–Crippen LogP) is -0.0782. The molecule has 0 aliphatic carbocycles. The number of rotatable bonds is 1. The Balaban J connectivity index is 2.54. The van der Waals surface area contributed by atoms with E-state index >= 15 is 0 Å². The smallest absolute Gasteiger partial charge is 0.0131 e. The van der Waals surface area contributed by atoms with Crippen LogP contribution in [-0.2, 0) is 0 Å². The summed E-state index contributed by atoms with van der Waals surface area (Å²) in [6.07, 6.45) is 0. The van der Waals surface area contributed by atoms with Gasteiger partial charge in [0.05, 0.1) is 0 Å². The lowest BCUT2D eigenvalue weighted by atomic mass is 10.8. The SMILES string of the molecule is CCN(C)[N]. The summed E-state index contributed by atoms with van der Waals surface area (Å²) in [6, 6.07) is 0. The van der Waals surface area contributed by atoms with Gasteiger partial charge in [0.25, 0.3) is 0 Å². The van der Waals surface area contributed by atoms with Gasteiger partial charge in [-0.15, -0.1) is 0 Å². The Bertz CT molecular complexity index is 18.9. The molecule has 2 radical (unpaired) electrons. The van der Waals surface area contributed by atoms with Gasteiger partial charge < -0.3 is 0 Å². The number of hydrogen-bond acceptors (Lipinski definition) is 1. The van der Waals surface area contributed by atoms with Crippen LogP contribution in [0, 0.1) is 0 Å². The third kappa shape index (κ3) is 3.92. The molecule has 0 saturated carbocycles. The molecule has 0 fully saturated rings. The first kappa shape index (κ1) is 4.92. The zero-order chi connectivity index (χ0) is 4.28. The molecule has 0 aromatic carbocycles. The van der Waals surface area contributed by atoms with Crippen LogP contribution < -0.4 is 5.84 Å². The van der Waals surface area contributed by atoms with Crippen molar-refractivity contribution in [3.63, 3.8) is 0 Å².